The van der Waals surface area contributed by atoms with E-state index in [4.69, 9.17) is 28.9 Å². The Labute approximate surface area is 335 Å². The number of carbonyl (C=O) groups is 2. The summed E-state index contributed by atoms with van der Waals surface area (Å²) in [5, 5.41) is 7.55. The molecule has 6 aromatic carbocycles. The van der Waals surface area contributed by atoms with Gasteiger partial charge in [-0.15, -0.1) is 0 Å². The summed E-state index contributed by atoms with van der Waals surface area (Å²) in [5.41, 5.74) is 8.00. The van der Waals surface area contributed by atoms with E-state index >= 15 is 0 Å². The lowest BCUT2D eigenvalue weighted by Crippen LogP contribution is -2.14. The molecule has 2 amide bonds. The van der Waals surface area contributed by atoms with Crippen molar-refractivity contribution in [2.75, 3.05) is 39.1 Å². The smallest absolute Gasteiger partial charge is 0.256 e. The van der Waals surface area contributed by atoms with E-state index in [1.54, 1.807) is 52.7 Å². The maximum Gasteiger partial charge on any atom is 0.256 e. The number of fused-ring (bicyclic) bond motifs is 2. The van der Waals surface area contributed by atoms with E-state index in [1.807, 2.05) is 121 Å². The molecule has 0 saturated heterocycles. The zero-order valence-electron chi connectivity index (χ0n) is 32.2. The van der Waals surface area contributed by atoms with Crippen molar-refractivity contribution in [2.24, 2.45) is 0 Å². The van der Waals surface area contributed by atoms with Crippen LogP contribution in [0.1, 0.15) is 20.7 Å². The van der Waals surface area contributed by atoms with Gasteiger partial charge in [-0.25, -0.2) is 9.97 Å². The van der Waals surface area contributed by atoms with Crippen LogP contribution >= 0.6 is 0 Å². The van der Waals surface area contributed by atoms with Gasteiger partial charge in [0.15, 0.2) is 0 Å². The van der Waals surface area contributed by atoms with E-state index in [2.05, 4.69) is 10.6 Å². The van der Waals surface area contributed by atoms with E-state index < -0.39 is 0 Å². The van der Waals surface area contributed by atoms with E-state index in [-0.39, 0.29) is 11.8 Å². The first-order valence-corrected chi connectivity index (χ1v) is 18.4. The number of para-hydroxylation sites is 2. The largest absolute Gasteiger partial charge is 0.497 e. The molecule has 58 heavy (non-hydrogen) atoms. The van der Waals surface area contributed by atoms with Crippen molar-refractivity contribution >= 4 is 45.0 Å². The summed E-state index contributed by atoms with van der Waals surface area (Å²) in [5.74, 6) is 1.78. The molecule has 2 aromatic heterocycles. The number of aromatic nitrogens is 2. The van der Waals surface area contributed by atoms with Gasteiger partial charge in [0.25, 0.3) is 11.8 Å². The first-order chi connectivity index (χ1) is 28.3. The molecule has 0 fully saturated rings. The van der Waals surface area contributed by atoms with Crippen molar-refractivity contribution in [1.82, 2.24) is 9.97 Å². The van der Waals surface area contributed by atoms with E-state index in [9.17, 15) is 9.59 Å². The van der Waals surface area contributed by atoms with Gasteiger partial charge in [-0.1, -0.05) is 48.5 Å². The number of hydrogen-bond donors (Lipinski definition) is 2. The zero-order valence-corrected chi connectivity index (χ0v) is 32.2. The molecule has 10 nitrogen and oxygen atoms in total. The molecule has 0 saturated carbocycles. The van der Waals surface area contributed by atoms with Crippen LogP contribution in [-0.4, -0.2) is 50.2 Å². The monoisotopic (exact) mass is 766 g/mol. The van der Waals surface area contributed by atoms with Crippen LogP contribution < -0.4 is 29.6 Å². The first kappa shape index (κ1) is 37.2. The zero-order chi connectivity index (χ0) is 40.2. The van der Waals surface area contributed by atoms with Gasteiger partial charge in [-0.2, -0.15) is 0 Å². The van der Waals surface area contributed by atoms with Crippen LogP contribution in [0.25, 0.3) is 55.4 Å². The number of benzene rings is 6. The highest BCUT2D eigenvalue weighted by Gasteiger charge is 2.19. The van der Waals surface area contributed by atoms with E-state index in [0.29, 0.717) is 56.4 Å². The van der Waals surface area contributed by atoms with E-state index in [0.717, 1.165) is 44.5 Å². The lowest BCUT2D eigenvalue weighted by Gasteiger charge is -2.16. The van der Waals surface area contributed by atoms with Gasteiger partial charge in [0.2, 0.25) is 0 Å². The second-order valence-corrected chi connectivity index (χ2v) is 13.3. The molecule has 8 rings (SSSR count). The van der Waals surface area contributed by atoms with Crippen LogP contribution in [0.15, 0.2) is 146 Å². The Morgan fingerprint density at radius 1 is 0.431 bits per heavy atom. The summed E-state index contributed by atoms with van der Waals surface area (Å²) in [6.07, 6.45) is 0. The number of pyridine rings is 2. The number of methoxy groups -OCH3 is 4. The Morgan fingerprint density at radius 3 is 1.19 bits per heavy atom. The molecule has 0 aliphatic rings. The molecule has 0 aliphatic heterocycles. The van der Waals surface area contributed by atoms with Crippen LogP contribution in [0.2, 0.25) is 0 Å². The fraction of sp³-hybridized carbons (Fsp3) is 0.0833. The number of nitrogens with zero attached hydrogens (tertiary/aromatic N) is 2. The molecular weight excluding hydrogens is 729 g/mol. The number of carbonyl (C=O) groups excluding carboxylic acids is 2. The minimum absolute atomic E-state index is 0.306. The van der Waals surface area contributed by atoms with Crippen molar-refractivity contribution in [1.29, 1.82) is 0 Å². The van der Waals surface area contributed by atoms with Crippen LogP contribution in [0.5, 0.6) is 23.0 Å². The minimum atomic E-state index is -0.306. The Hall–Kier alpha value is -7.72. The molecule has 286 valence electrons. The SMILES string of the molecule is COc1ccc(-c2cc(C(=O)Nc3ccc(-c4ccc(NC(=O)c5cc(-c6ccc(OC)cc6)nc6ccccc56)c(OC)c4)cc3OC)c3ccccc3n2)cc1. The molecule has 2 heterocycles. The van der Waals surface area contributed by atoms with Gasteiger partial charge in [0.05, 0.1) is 73.4 Å². The normalized spacial score (nSPS) is 10.9. The number of anilines is 2. The van der Waals surface area contributed by atoms with Crippen molar-refractivity contribution in [3.63, 3.8) is 0 Å². The summed E-state index contributed by atoms with van der Waals surface area (Å²) in [7, 11) is 6.35. The highest BCUT2D eigenvalue weighted by molar-refractivity contribution is 6.14. The Bertz CT molecular complexity index is 2630. The summed E-state index contributed by atoms with van der Waals surface area (Å²) >= 11 is 0. The average Bonchev–Trinajstić information content (AvgIpc) is 3.28. The number of nitrogens with one attached hydrogen (secondary N) is 2. The van der Waals surface area contributed by atoms with Crippen LogP contribution in [0.4, 0.5) is 11.4 Å². The lowest BCUT2D eigenvalue weighted by atomic mass is 10.0. The number of amides is 2. The molecule has 0 radical (unpaired) electrons. The molecule has 0 bridgehead atoms. The fourth-order valence-corrected chi connectivity index (χ4v) is 6.87. The van der Waals surface area contributed by atoms with Crippen LogP contribution in [0.3, 0.4) is 0 Å². The van der Waals surface area contributed by atoms with Crippen LogP contribution in [0, 0.1) is 0 Å². The standard InChI is InChI=1S/C48H38N4O6/c1-55-33-19-13-29(14-20-33)43-27-37(35-9-5-7-11-39(35)49-43)47(53)51-41-23-17-31(25-45(41)57-3)32-18-24-42(46(26-32)58-4)52-48(54)38-28-44(30-15-21-34(56-2)22-16-30)50-40-12-8-6-10-36(38)40/h5-28H,1-4H3,(H,51,53)(H,52,54). The summed E-state index contributed by atoms with van der Waals surface area (Å²) in [4.78, 5) is 37.6. The molecule has 10 heteroatoms. The van der Waals surface area contributed by atoms with Gasteiger partial charge in [-0.05, 0) is 108 Å². The summed E-state index contributed by atoms with van der Waals surface area (Å²) in [6.45, 7) is 0. The quantitative estimate of drug-likeness (QED) is 0.133. The molecule has 0 atom stereocenters. The third kappa shape index (κ3) is 7.46. The van der Waals surface area contributed by atoms with Crippen molar-refractivity contribution in [3.8, 4) is 56.6 Å². The van der Waals surface area contributed by atoms with Crippen molar-refractivity contribution < 1.29 is 28.5 Å². The van der Waals surface area contributed by atoms with Gasteiger partial charge in [-0.3, -0.25) is 9.59 Å². The molecule has 0 aliphatic carbocycles. The summed E-state index contributed by atoms with van der Waals surface area (Å²) in [6, 6.07) is 44.9. The number of ether oxygens (including phenoxy) is 4. The van der Waals surface area contributed by atoms with Gasteiger partial charge in [0, 0.05) is 21.9 Å². The van der Waals surface area contributed by atoms with Crippen LogP contribution in [-0.2, 0) is 0 Å². The minimum Gasteiger partial charge on any atom is -0.497 e. The Balaban J connectivity index is 1.05. The maximum atomic E-state index is 14.0. The van der Waals surface area contributed by atoms with E-state index in [1.165, 1.54) is 0 Å². The average molecular weight is 767 g/mol. The Kier molecular flexibility index (Phi) is 10.4. The molecule has 0 spiro atoms. The Morgan fingerprint density at radius 2 is 0.810 bits per heavy atom. The third-order valence-electron chi connectivity index (χ3n) is 9.93. The fourth-order valence-electron chi connectivity index (χ4n) is 6.87. The second-order valence-electron chi connectivity index (χ2n) is 13.3. The molecule has 2 N–H and O–H groups in total. The predicted octanol–water partition coefficient (Wildman–Crippen LogP) is 10.3. The van der Waals surface area contributed by atoms with Crippen molar-refractivity contribution in [2.45, 2.75) is 0 Å². The molecule has 8 aromatic rings. The van der Waals surface area contributed by atoms with Gasteiger partial charge >= 0.3 is 0 Å². The predicted molar refractivity (Wildman–Crippen MR) is 228 cm³/mol. The highest BCUT2D eigenvalue weighted by Crippen LogP contribution is 2.37. The topological polar surface area (TPSA) is 121 Å². The maximum absolute atomic E-state index is 14.0. The molecule has 0 unspecified atom stereocenters. The first-order valence-electron chi connectivity index (χ1n) is 18.4. The van der Waals surface area contributed by atoms with Crippen molar-refractivity contribution in [3.05, 3.63) is 157 Å². The lowest BCUT2D eigenvalue weighted by molar-refractivity contribution is 0.102. The van der Waals surface area contributed by atoms with Gasteiger partial charge < -0.3 is 29.6 Å². The highest BCUT2D eigenvalue weighted by atomic mass is 16.5. The summed E-state index contributed by atoms with van der Waals surface area (Å²) < 4.78 is 22.2. The van der Waals surface area contributed by atoms with Gasteiger partial charge in [0.1, 0.15) is 23.0 Å². The third-order valence-corrected chi connectivity index (χ3v) is 9.93. The number of hydrogen-bond acceptors (Lipinski definition) is 8. The number of rotatable bonds is 11. The second kappa shape index (κ2) is 16.2. The molecular formula is C48H38N4O6.